The van der Waals surface area contributed by atoms with Crippen LogP contribution in [0.5, 0.6) is 5.75 Å². The third-order valence-corrected chi connectivity index (χ3v) is 5.59. The van der Waals surface area contributed by atoms with Crippen molar-refractivity contribution in [3.05, 3.63) is 95.2 Å². The number of hydrogen-bond acceptors (Lipinski definition) is 4. The number of nitrogens with zero attached hydrogens (tertiary/aromatic N) is 1. The number of imide groups is 1. The minimum absolute atomic E-state index is 0.271. The first-order chi connectivity index (χ1) is 16.0. The molecule has 0 atom stereocenters. The summed E-state index contributed by atoms with van der Waals surface area (Å²) < 4.78 is 5.67. The van der Waals surface area contributed by atoms with E-state index < -0.39 is 0 Å². The molecular weight excluding hydrogens is 412 g/mol. The standard InChI is InChI=1S/C28H28N2O3/c1-4-17-33-24-15-11-21(12-16-24)25-26(29-22-8-6-7-19(3)18-22)28(32)30(27(25)31)23-13-9-20(5-2)10-14-23/h6-16,18,29H,4-5,17H2,1-3H3. The number of carbonyl (C=O) groups is 2. The number of aryl methyl sites for hydroxylation is 2. The average molecular weight is 441 g/mol. The maximum Gasteiger partial charge on any atom is 0.282 e. The quantitative estimate of drug-likeness (QED) is 0.454. The third-order valence-electron chi connectivity index (χ3n) is 5.59. The fourth-order valence-corrected chi connectivity index (χ4v) is 3.83. The van der Waals surface area contributed by atoms with Gasteiger partial charge in [0, 0.05) is 5.69 Å². The van der Waals surface area contributed by atoms with Crippen molar-refractivity contribution in [2.75, 3.05) is 16.8 Å². The molecule has 1 N–H and O–H groups in total. The highest BCUT2D eigenvalue weighted by atomic mass is 16.5. The molecular formula is C28H28N2O3. The molecule has 0 saturated heterocycles. The van der Waals surface area contributed by atoms with Gasteiger partial charge in [-0.25, -0.2) is 4.90 Å². The molecule has 0 aliphatic carbocycles. The summed E-state index contributed by atoms with van der Waals surface area (Å²) in [6.07, 6.45) is 1.80. The van der Waals surface area contributed by atoms with Crippen molar-refractivity contribution in [2.45, 2.75) is 33.6 Å². The summed E-state index contributed by atoms with van der Waals surface area (Å²) in [5.41, 5.74) is 4.81. The van der Waals surface area contributed by atoms with E-state index in [2.05, 4.69) is 12.2 Å². The fraction of sp³-hybridized carbons (Fsp3) is 0.214. The van der Waals surface area contributed by atoms with Crippen molar-refractivity contribution < 1.29 is 14.3 Å². The zero-order valence-electron chi connectivity index (χ0n) is 19.2. The maximum atomic E-state index is 13.6. The van der Waals surface area contributed by atoms with Crippen molar-refractivity contribution in [1.82, 2.24) is 0 Å². The molecule has 0 aromatic heterocycles. The van der Waals surface area contributed by atoms with Crippen molar-refractivity contribution >= 4 is 28.8 Å². The zero-order chi connectivity index (χ0) is 23.4. The van der Waals surface area contributed by atoms with Gasteiger partial charge in [0.05, 0.1) is 17.9 Å². The smallest absolute Gasteiger partial charge is 0.282 e. The first-order valence-corrected chi connectivity index (χ1v) is 11.3. The summed E-state index contributed by atoms with van der Waals surface area (Å²) in [4.78, 5) is 28.3. The molecule has 0 bridgehead atoms. The summed E-state index contributed by atoms with van der Waals surface area (Å²) in [6, 6.07) is 22.6. The van der Waals surface area contributed by atoms with Gasteiger partial charge in [-0.1, -0.05) is 50.2 Å². The van der Waals surface area contributed by atoms with Crippen molar-refractivity contribution in [1.29, 1.82) is 0 Å². The molecule has 1 heterocycles. The van der Waals surface area contributed by atoms with Gasteiger partial charge >= 0.3 is 0 Å². The minimum Gasteiger partial charge on any atom is -0.494 e. The van der Waals surface area contributed by atoms with Crippen LogP contribution in [0, 0.1) is 6.92 Å². The van der Waals surface area contributed by atoms with Gasteiger partial charge in [-0.15, -0.1) is 0 Å². The van der Waals surface area contributed by atoms with E-state index in [1.54, 1.807) is 0 Å². The molecule has 4 rings (SSSR count). The molecule has 3 aromatic carbocycles. The van der Waals surface area contributed by atoms with Gasteiger partial charge < -0.3 is 10.1 Å². The largest absolute Gasteiger partial charge is 0.494 e. The summed E-state index contributed by atoms with van der Waals surface area (Å²) in [5, 5.41) is 3.22. The van der Waals surface area contributed by atoms with Gasteiger partial charge in [0.25, 0.3) is 11.8 Å². The van der Waals surface area contributed by atoms with Crippen LogP contribution in [0.3, 0.4) is 0 Å². The third kappa shape index (κ3) is 4.67. The summed E-state index contributed by atoms with van der Waals surface area (Å²) in [7, 11) is 0. The van der Waals surface area contributed by atoms with E-state index in [0.29, 0.717) is 23.4 Å². The van der Waals surface area contributed by atoms with Crippen LogP contribution in [0.15, 0.2) is 78.5 Å². The van der Waals surface area contributed by atoms with Crippen molar-refractivity contribution in [2.24, 2.45) is 0 Å². The molecule has 0 spiro atoms. The highest BCUT2D eigenvalue weighted by Gasteiger charge is 2.40. The lowest BCUT2D eigenvalue weighted by atomic mass is 10.0. The van der Waals surface area contributed by atoms with Crippen LogP contribution in [0.2, 0.25) is 0 Å². The molecule has 3 aromatic rings. The van der Waals surface area contributed by atoms with E-state index in [0.717, 1.165) is 35.4 Å². The predicted molar refractivity (Wildman–Crippen MR) is 132 cm³/mol. The van der Waals surface area contributed by atoms with Gasteiger partial charge in [0.2, 0.25) is 0 Å². The van der Waals surface area contributed by atoms with E-state index in [1.807, 2.05) is 86.6 Å². The molecule has 0 saturated carbocycles. The van der Waals surface area contributed by atoms with Crippen LogP contribution in [-0.2, 0) is 16.0 Å². The number of anilines is 2. The van der Waals surface area contributed by atoms with Gasteiger partial charge in [0.15, 0.2) is 0 Å². The topological polar surface area (TPSA) is 58.6 Å². The molecule has 1 aliphatic rings. The first kappa shape index (κ1) is 22.3. The van der Waals surface area contributed by atoms with E-state index in [1.165, 1.54) is 4.90 Å². The molecule has 5 nitrogen and oxygen atoms in total. The van der Waals surface area contributed by atoms with Crippen LogP contribution < -0.4 is 15.0 Å². The van der Waals surface area contributed by atoms with E-state index in [-0.39, 0.29) is 17.5 Å². The second kappa shape index (κ2) is 9.74. The van der Waals surface area contributed by atoms with E-state index >= 15 is 0 Å². The van der Waals surface area contributed by atoms with E-state index in [9.17, 15) is 9.59 Å². The SMILES string of the molecule is CCCOc1ccc(C2=C(Nc3cccc(C)c3)C(=O)N(c3ccc(CC)cc3)C2=O)cc1. The van der Waals surface area contributed by atoms with Gasteiger partial charge in [0.1, 0.15) is 11.4 Å². The number of carbonyl (C=O) groups excluding carboxylic acids is 2. The normalized spacial score (nSPS) is 13.6. The number of amides is 2. The molecule has 1 aliphatic heterocycles. The highest BCUT2D eigenvalue weighted by Crippen LogP contribution is 2.34. The van der Waals surface area contributed by atoms with Crippen molar-refractivity contribution in [3.63, 3.8) is 0 Å². The Hall–Kier alpha value is -3.86. The Labute approximate surface area is 194 Å². The predicted octanol–water partition coefficient (Wildman–Crippen LogP) is 5.74. The van der Waals surface area contributed by atoms with Crippen molar-refractivity contribution in [3.8, 4) is 5.75 Å². The van der Waals surface area contributed by atoms with E-state index in [4.69, 9.17) is 4.74 Å². The lowest BCUT2D eigenvalue weighted by Gasteiger charge is -2.16. The Morgan fingerprint density at radius 2 is 1.61 bits per heavy atom. The molecule has 5 heteroatoms. The van der Waals surface area contributed by atoms with Gasteiger partial charge in [-0.05, 0) is 72.9 Å². The van der Waals surface area contributed by atoms with Crippen LogP contribution in [0.1, 0.15) is 37.0 Å². The number of hydrogen-bond donors (Lipinski definition) is 1. The van der Waals surface area contributed by atoms with Gasteiger partial charge in [-0.3, -0.25) is 9.59 Å². The van der Waals surface area contributed by atoms with Crippen LogP contribution in [0.25, 0.3) is 5.57 Å². The maximum absolute atomic E-state index is 13.6. The Balaban J connectivity index is 1.75. The molecule has 0 fully saturated rings. The summed E-state index contributed by atoms with van der Waals surface area (Å²) >= 11 is 0. The first-order valence-electron chi connectivity index (χ1n) is 11.3. The number of ether oxygens (including phenoxy) is 1. The summed E-state index contributed by atoms with van der Waals surface area (Å²) in [6.45, 7) is 6.73. The Bertz CT molecular complexity index is 1190. The molecule has 33 heavy (non-hydrogen) atoms. The number of benzene rings is 3. The number of rotatable bonds is 8. The van der Waals surface area contributed by atoms with Gasteiger partial charge in [-0.2, -0.15) is 0 Å². The molecule has 0 radical (unpaired) electrons. The Morgan fingerprint density at radius 1 is 0.879 bits per heavy atom. The zero-order valence-corrected chi connectivity index (χ0v) is 19.2. The number of nitrogens with one attached hydrogen (secondary N) is 1. The minimum atomic E-state index is -0.368. The van der Waals surface area contributed by atoms with Crippen LogP contribution >= 0.6 is 0 Å². The van der Waals surface area contributed by atoms with Crippen LogP contribution in [-0.4, -0.2) is 18.4 Å². The fourth-order valence-electron chi connectivity index (χ4n) is 3.83. The molecule has 0 unspecified atom stereocenters. The second-order valence-corrected chi connectivity index (χ2v) is 8.08. The average Bonchev–Trinajstić information content (AvgIpc) is 3.07. The van der Waals surface area contributed by atoms with Crippen LogP contribution in [0.4, 0.5) is 11.4 Å². The lowest BCUT2D eigenvalue weighted by molar-refractivity contribution is -0.120. The molecule has 2 amide bonds. The Morgan fingerprint density at radius 3 is 2.24 bits per heavy atom. The summed E-state index contributed by atoms with van der Waals surface area (Å²) in [5.74, 6) is 0.0202. The molecule has 168 valence electrons. The lowest BCUT2D eigenvalue weighted by Crippen LogP contribution is -2.32. The second-order valence-electron chi connectivity index (χ2n) is 8.08. The Kier molecular flexibility index (Phi) is 6.59. The highest BCUT2D eigenvalue weighted by molar-refractivity contribution is 6.46. The monoisotopic (exact) mass is 440 g/mol.